The van der Waals surface area contributed by atoms with E-state index in [2.05, 4.69) is 6.92 Å². The van der Waals surface area contributed by atoms with Gasteiger partial charge in [-0.2, -0.15) is 0 Å². The lowest BCUT2D eigenvalue weighted by Crippen LogP contribution is -2.07. The fourth-order valence-corrected chi connectivity index (χ4v) is 2.01. The van der Waals surface area contributed by atoms with Crippen molar-refractivity contribution in [2.24, 2.45) is 0 Å². The van der Waals surface area contributed by atoms with Gasteiger partial charge in [0.25, 0.3) is 0 Å². The van der Waals surface area contributed by atoms with Gasteiger partial charge in [0.05, 0.1) is 11.3 Å². The van der Waals surface area contributed by atoms with Crippen molar-refractivity contribution in [1.82, 2.24) is 0 Å². The van der Waals surface area contributed by atoms with Crippen LogP contribution in [0, 0.1) is 11.6 Å². The van der Waals surface area contributed by atoms with Crippen LogP contribution < -0.4 is 5.73 Å². The van der Waals surface area contributed by atoms with E-state index >= 15 is 0 Å². The number of anilines is 1. The Balaban J connectivity index is 2.33. The van der Waals surface area contributed by atoms with Gasteiger partial charge in [0.15, 0.2) is 5.78 Å². The summed E-state index contributed by atoms with van der Waals surface area (Å²) in [6.45, 7) is 2.07. The van der Waals surface area contributed by atoms with Gasteiger partial charge in [-0.05, 0) is 18.1 Å². The van der Waals surface area contributed by atoms with E-state index in [0.29, 0.717) is 11.6 Å². The summed E-state index contributed by atoms with van der Waals surface area (Å²) in [5, 5.41) is 0. The molecule has 0 saturated carbocycles. The highest BCUT2D eigenvalue weighted by atomic mass is 19.1. The van der Waals surface area contributed by atoms with E-state index in [0.717, 1.165) is 24.5 Å². The van der Waals surface area contributed by atoms with Crippen LogP contribution in [0.15, 0.2) is 36.4 Å². The fraction of sp³-hybridized carbons (Fsp3) is 0.188. The Morgan fingerprint density at radius 2 is 1.75 bits per heavy atom. The van der Waals surface area contributed by atoms with Gasteiger partial charge in [-0.15, -0.1) is 0 Å². The Kier molecular flexibility index (Phi) is 4.13. The first kappa shape index (κ1) is 14.2. The summed E-state index contributed by atoms with van der Waals surface area (Å²) < 4.78 is 26.7. The summed E-state index contributed by atoms with van der Waals surface area (Å²) in [4.78, 5) is 12.2. The second-order valence-electron chi connectivity index (χ2n) is 4.63. The molecular formula is C16H15F2NO. The van der Waals surface area contributed by atoms with Crippen molar-refractivity contribution >= 4 is 11.5 Å². The number of benzene rings is 2. The highest BCUT2D eigenvalue weighted by Gasteiger charge is 2.16. The molecule has 0 aliphatic carbocycles. The zero-order valence-electron chi connectivity index (χ0n) is 11.1. The molecular weight excluding hydrogens is 260 g/mol. The Morgan fingerprint density at radius 3 is 2.35 bits per heavy atom. The van der Waals surface area contributed by atoms with Crippen molar-refractivity contribution in [2.75, 3.05) is 5.73 Å². The molecule has 0 heterocycles. The van der Waals surface area contributed by atoms with E-state index in [1.807, 2.05) is 12.1 Å². The average molecular weight is 275 g/mol. The monoisotopic (exact) mass is 275 g/mol. The molecule has 0 amide bonds. The van der Waals surface area contributed by atoms with Crippen LogP contribution in [0.1, 0.15) is 34.8 Å². The Hall–Kier alpha value is -2.23. The summed E-state index contributed by atoms with van der Waals surface area (Å²) in [6, 6.07) is 8.63. The smallest absolute Gasteiger partial charge is 0.196 e. The number of ketones is 1. The maximum Gasteiger partial charge on any atom is 0.196 e. The SMILES string of the molecule is CCCc1ccc(C(=O)c2cc(N)c(F)cc2F)cc1. The zero-order valence-corrected chi connectivity index (χ0v) is 11.1. The molecule has 0 radical (unpaired) electrons. The molecule has 2 rings (SSSR count). The molecule has 4 heteroatoms. The molecule has 0 saturated heterocycles. The molecule has 0 aliphatic heterocycles. The number of aryl methyl sites for hydroxylation is 1. The van der Waals surface area contributed by atoms with Gasteiger partial charge in [0.1, 0.15) is 11.6 Å². The fourth-order valence-electron chi connectivity index (χ4n) is 2.01. The normalized spacial score (nSPS) is 10.6. The van der Waals surface area contributed by atoms with Gasteiger partial charge in [-0.1, -0.05) is 37.6 Å². The number of hydrogen-bond donors (Lipinski definition) is 1. The molecule has 0 atom stereocenters. The first-order valence-corrected chi connectivity index (χ1v) is 6.41. The predicted octanol–water partition coefficient (Wildman–Crippen LogP) is 3.73. The molecule has 20 heavy (non-hydrogen) atoms. The van der Waals surface area contributed by atoms with Gasteiger partial charge in [0, 0.05) is 11.6 Å². The minimum absolute atomic E-state index is 0.216. The van der Waals surface area contributed by atoms with E-state index in [1.54, 1.807) is 12.1 Å². The summed E-state index contributed by atoms with van der Waals surface area (Å²) in [7, 11) is 0. The maximum atomic E-state index is 13.7. The third-order valence-corrected chi connectivity index (χ3v) is 3.09. The van der Waals surface area contributed by atoms with Crippen LogP contribution in [-0.4, -0.2) is 5.78 Å². The lowest BCUT2D eigenvalue weighted by atomic mass is 10.00. The zero-order chi connectivity index (χ0) is 14.7. The van der Waals surface area contributed by atoms with Crippen molar-refractivity contribution in [3.8, 4) is 0 Å². The van der Waals surface area contributed by atoms with Crippen molar-refractivity contribution in [3.05, 3.63) is 64.7 Å². The Labute approximate surface area is 116 Å². The van der Waals surface area contributed by atoms with Crippen LogP contribution in [0.3, 0.4) is 0 Å². The molecule has 0 spiro atoms. The molecule has 0 aliphatic rings. The Morgan fingerprint density at radius 1 is 1.10 bits per heavy atom. The summed E-state index contributed by atoms with van der Waals surface area (Å²) >= 11 is 0. The number of nitrogens with two attached hydrogens (primary N) is 1. The number of carbonyl (C=O) groups is 1. The summed E-state index contributed by atoms with van der Waals surface area (Å²) in [6.07, 6.45) is 1.93. The molecule has 0 aromatic heterocycles. The molecule has 2 aromatic rings. The van der Waals surface area contributed by atoms with Crippen LogP contribution in [0.5, 0.6) is 0 Å². The van der Waals surface area contributed by atoms with Crippen molar-refractivity contribution in [3.63, 3.8) is 0 Å². The molecule has 0 bridgehead atoms. The quantitative estimate of drug-likeness (QED) is 0.682. The van der Waals surface area contributed by atoms with Crippen LogP contribution >= 0.6 is 0 Å². The van der Waals surface area contributed by atoms with Crippen molar-refractivity contribution in [2.45, 2.75) is 19.8 Å². The van der Waals surface area contributed by atoms with Crippen LogP contribution in [0.25, 0.3) is 0 Å². The van der Waals surface area contributed by atoms with Crippen molar-refractivity contribution in [1.29, 1.82) is 0 Å². The third kappa shape index (κ3) is 2.85. The van der Waals surface area contributed by atoms with E-state index < -0.39 is 17.4 Å². The third-order valence-electron chi connectivity index (χ3n) is 3.09. The summed E-state index contributed by atoms with van der Waals surface area (Å²) in [5.74, 6) is -2.27. The summed E-state index contributed by atoms with van der Waals surface area (Å²) in [5.41, 5.74) is 6.39. The number of carbonyl (C=O) groups excluding carboxylic acids is 1. The van der Waals surface area contributed by atoms with Gasteiger partial charge in [-0.3, -0.25) is 4.79 Å². The number of hydrogen-bond acceptors (Lipinski definition) is 2. The van der Waals surface area contributed by atoms with Crippen LogP contribution in [0.2, 0.25) is 0 Å². The largest absolute Gasteiger partial charge is 0.396 e. The van der Waals surface area contributed by atoms with E-state index in [-0.39, 0.29) is 11.3 Å². The minimum Gasteiger partial charge on any atom is -0.396 e. The highest BCUT2D eigenvalue weighted by Crippen LogP contribution is 2.20. The molecule has 2 aromatic carbocycles. The van der Waals surface area contributed by atoms with E-state index in [9.17, 15) is 13.6 Å². The van der Waals surface area contributed by atoms with E-state index in [4.69, 9.17) is 5.73 Å². The number of rotatable bonds is 4. The average Bonchev–Trinajstić information content (AvgIpc) is 2.43. The first-order chi connectivity index (χ1) is 9.52. The van der Waals surface area contributed by atoms with Crippen LogP contribution in [0.4, 0.5) is 14.5 Å². The van der Waals surface area contributed by atoms with Gasteiger partial charge in [-0.25, -0.2) is 8.78 Å². The second-order valence-corrected chi connectivity index (χ2v) is 4.63. The lowest BCUT2D eigenvalue weighted by Gasteiger charge is -2.06. The van der Waals surface area contributed by atoms with Gasteiger partial charge >= 0.3 is 0 Å². The molecule has 0 fully saturated rings. The van der Waals surface area contributed by atoms with Gasteiger partial charge < -0.3 is 5.73 Å². The molecule has 0 unspecified atom stereocenters. The van der Waals surface area contributed by atoms with Crippen molar-refractivity contribution < 1.29 is 13.6 Å². The highest BCUT2D eigenvalue weighted by molar-refractivity contribution is 6.09. The topological polar surface area (TPSA) is 43.1 Å². The molecule has 104 valence electrons. The molecule has 2 nitrogen and oxygen atoms in total. The predicted molar refractivity (Wildman–Crippen MR) is 74.6 cm³/mol. The lowest BCUT2D eigenvalue weighted by molar-refractivity contribution is 0.103. The number of halogens is 2. The first-order valence-electron chi connectivity index (χ1n) is 6.41. The standard InChI is InChI=1S/C16H15F2NO/c1-2-3-10-4-6-11(7-5-10)16(20)12-8-15(19)14(18)9-13(12)17/h4-9H,2-3,19H2,1H3. The second kappa shape index (κ2) is 5.82. The van der Waals surface area contributed by atoms with Gasteiger partial charge in [0.2, 0.25) is 0 Å². The van der Waals surface area contributed by atoms with E-state index in [1.165, 1.54) is 0 Å². The Bertz CT molecular complexity index is 636. The maximum absolute atomic E-state index is 13.7. The minimum atomic E-state index is -0.903. The molecule has 2 N–H and O–H groups in total. The number of nitrogen functional groups attached to an aromatic ring is 1. The van der Waals surface area contributed by atoms with Crippen LogP contribution in [-0.2, 0) is 6.42 Å².